The lowest BCUT2D eigenvalue weighted by Gasteiger charge is -2.44. The molecule has 3 aliphatic rings. The first-order valence-corrected chi connectivity index (χ1v) is 12.2. The molecule has 4 heterocycles. The Morgan fingerprint density at radius 2 is 1.67 bits per heavy atom. The first-order chi connectivity index (χ1) is 15.6. The summed E-state index contributed by atoms with van der Waals surface area (Å²) in [6.07, 6.45) is -4.71. The Kier molecular flexibility index (Phi) is 6.92. The molecule has 3 fully saturated rings. The fourth-order valence-electron chi connectivity index (χ4n) is 4.42. The predicted octanol–water partition coefficient (Wildman–Crippen LogP) is 0.230. The summed E-state index contributed by atoms with van der Waals surface area (Å²) in [5.41, 5.74) is -0.0145. The number of alkyl halides is 3. The molecule has 0 saturated carbocycles. The molecule has 186 valence electrons. The van der Waals surface area contributed by atoms with E-state index in [0.29, 0.717) is 25.4 Å². The Hall–Kier alpha value is -1.87. The standard InChI is InChI=1S/C19H28F3N5O5S/c1-14-13-32-9-6-26(14)15-10-17(23-18(28)11-15)27-3-2-25(12-16(27)19(20,21)22)33(29,30)24-4-7-31-8-5-24/h10-11,14,16H,2-9,12-13H2,1H3,(H,23,28)/t14-,16+/m1/s1. The second-order valence-electron chi connectivity index (χ2n) is 8.33. The van der Waals surface area contributed by atoms with Crippen LogP contribution in [0.1, 0.15) is 6.92 Å². The number of aromatic nitrogens is 1. The summed E-state index contributed by atoms with van der Waals surface area (Å²) in [5.74, 6) is 0.0157. The third kappa shape index (κ3) is 5.14. The van der Waals surface area contributed by atoms with E-state index in [9.17, 15) is 26.4 Å². The van der Waals surface area contributed by atoms with Crippen molar-refractivity contribution in [3.05, 3.63) is 22.5 Å². The predicted molar refractivity (Wildman–Crippen MR) is 115 cm³/mol. The van der Waals surface area contributed by atoms with E-state index in [1.54, 1.807) is 0 Å². The molecule has 0 aliphatic carbocycles. The largest absolute Gasteiger partial charge is 0.410 e. The number of anilines is 2. The van der Waals surface area contributed by atoms with Gasteiger partial charge in [-0.05, 0) is 6.92 Å². The Bertz CT molecular complexity index is 998. The van der Waals surface area contributed by atoms with Crippen LogP contribution in [0.2, 0.25) is 0 Å². The van der Waals surface area contributed by atoms with Crippen LogP contribution >= 0.6 is 0 Å². The number of rotatable bonds is 4. The van der Waals surface area contributed by atoms with Crippen LogP contribution in [0.5, 0.6) is 0 Å². The van der Waals surface area contributed by atoms with E-state index in [4.69, 9.17) is 9.47 Å². The molecule has 3 aliphatic heterocycles. The average molecular weight is 496 g/mol. The van der Waals surface area contributed by atoms with Gasteiger partial charge in [-0.15, -0.1) is 0 Å². The van der Waals surface area contributed by atoms with Crippen molar-refractivity contribution in [3.63, 3.8) is 0 Å². The molecule has 0 spiro atoms. The summed E-state index contributed by atoms with van der Waals surface area (Å²) in [4.78, 5) is 17.8. The van der Waals surface area contributed by atoms with E-state index in [0.717, 1.165) is 13.5 Å². The van der Waals surface area contributed by atoms with Crippen LogP contribution in [-0.2, 0) is 19.7 Å². The number of nitrogens with one attached hydrogen (secondary N) is 1. The highest BCUT2D eigenvalue weighted by atomic mass is 32.2. The lowest BCUT2D eigenvalue weighted by molar-refractivity contribution is -0.153. The van der Waals surface area contributed by atoms with Gasteiger partial charge in [0.1, 0.15) is 11.9 Å². The molecule has 33 heavy (non-hydrogen) atoms. The Labute approximate surface area is 190 Å². The van der Waals surface area contributed by atoms with Crippen LogP contribution < -0.4 is 15.4 Å². The van der Waals surface area contributed by atoms with Gasteiger partial charge < -0.3 is 24.3 Å². The van der Waals surface area contributed by atoms with Crippen molar-refractivity contribution in [2.24, 2.45) is 0 Å². The summed E-state index contributed by atoms with van der Waals surface area (Å²) >= 11 is 0. The summed E-state index contributed by atoms with van der Waals surface area (Å²) in [6.45, 7) is 2.83. The number of nitrogens with zero attached hydrogens (tertiary/aromatic N) is 4. The Morgan fingerprint density at radius 1 is 0.970 bits per heavy atom. The molecule has 1 aromatic rings. The maximum Gasteiger partial charge on any atom is 0.410 e. The summed E-state index contributed by atoms with van der Waals surface area (Å²) in [7, 11) is -4.06. The minimum absolute atomic E-state index is 0.0157. The molecule has 0 unspecified atom stereocenters. The monoisotopic (exact) mass is 495 g/mol. The molecular weight excluding hydrogens is 467 g/mol. The maximum absolute atomic E-state index is 14.1. The topological polar surface area (TPSA) is 98.4 Å². The van der Waals surface area contributed by atoms with Crippen LogP contribution in [-0.4, -0.2) is 106 Å². The second kappa shape index (κ2) is 9.41. The van der Waals surface area contributed by atoms with Crippen LogP contribution in [0.4, 0.5) is 24.7 Å². The normalized spacial score (nSPS) is 26.5. The van der Waals surface area contributed by atoms with Crippen LogP contribution in [0.3, 0.4) is 0 Å². The number of halogens is 3. The van der Waals surface area contributed by atoms with Gasteiger partial charge in [0.25, 0.3) is 15.8 Å². The number of hydrogen-bond donors (Lipinski definition) is 1. The number of hydrogen-bond acceptors (Lipinski definition) is 7. The van der Waals surface area contributed by atoms with Crippen molar-refractivity contribution < 1.29 is 31.1 Å². The van der Waals surface area contributed by atoms with E-state index in [1.165, 1.54) is 12.1 Å². The fourth-order valence-corrected chi connectivity index (χ4v) is 6.00. The smallest absolute Gasteiger partial charge is 0.379 e. The number of aromatic amines is 1. The van der Waals surface area contributed by atoms with Gasteiger partial charge in [0.2, 0.25) is 0 Å². The van der Waals surface area contributed by atoms with Gasteiger partial charge in [-0.3, -0.25) is 4.79 Å². The molecule has 14 heteroatoms. The lowest BCUT2D eigenvalue weighted by atomic mass is 10.1. The molecule has 1 N–H and O–H groups in total. The van der Waals surface area contributed by atoms with Crippen molar-refractivity contribution in [2.45, 2.75) is 25.2 Å². The van der Waals surface area contributed by atoms with Gasteiger partial charge in [-0.1, -0.05) is 0 Å². The molecular formula is C19H28F3N5O5S. The zero-order valence-electron chi connectivity index (χ0n) is 18.3. The zero-order chi connectivity index (χ0) is 23.8. The summed E-state index contributed by atoms with van der Waals surface area (Å²) in [5, 5.41) is 0. The summed E-state index contributed by atoms with van der Waals surface area (Å²) in [6, 6.07) is 0.735. The van der Waals surface area contributed by atoms with Gasteiger partial charge in [-0.2, -0.15) is 30.2 Å². The Morgan fingerprint density at radius 3 is 2.33 bits per heavy atom. The van der Waals surface area contributed by atoms with Crippen LogP contribution in [0.25, 0.3) is 0 Å². The van der Waals surface area contributed by atoms with Gasteiger partial charge in [-0.25, -0.2) is 0 Å². The molecule has 1 aromatic heterocycles. The minimum atomic E-state index is -4.71. The molecule has 0 radical (unpaired) electrons. The molecule has 0 aromatic carbocycles. The quantitative estimate of drug-likeness (QED) is 0.639. The molecule has 0 bridgehead atoms. The lowest BCUT2D eigenvalue weighted by Crippen LogP contribution is -2.62. The van der Waals surface area contributed by atoms with Crippen molar-refractivity contribution in [1.82, 2.24) is 13.6 Å². The number of H-pyrrole nitrogens is 1. The molecule has 3 saturated heterocycles. The second-order valence-corrected chi connectivity index (χ2v) is 10.3. The third-order valence-electron chi connectivity index (χ3n) is 6.17. The minimum Gasteiger partial charge on any atom is -0.379 e. The zero-order valence-corrected chi connectivity index (χ0v) is 19.1. The first-order valence-electron chi connectivity index (χ1n) is 10.8. The molecule has 10 nitrogen and oxygen atoms in total. The third-order valence-corrected chi connectivity index (χ3v) is 8.17. The van der Waals surface area contributed by atoms with E-state index >= 15 is 0 Å². The summed E-state index contributed by atoms with van der Waals surface area (Å²) < 4.78 is 80.7. The Balaban J connectivity index is 1.61. The van der Waals surface area contributed by atoms with Crippen LogP contribution in [0.15, 0.2) is 16.9 Å². The van der Waals surface area contributed by atoms with Crippen molar-refractivity contribution in [1.29, 1.82) is 0 Å². The fraction of sp³-hybridized carbons (Fsp3) is 0.737. The number of morpholine rings is 2. The average Bonchev–Trinajstić information content (AvgIpc) is 2.78. The highest BCUT2D eigenvalue weighted by Gasteiger charge is 2.50. The highest BCUT2D eigenvalue weighted by Crippen LogP contribution is 2.33. The number of piperazine rings is 1. The highest BCUT2D eigenvalue weighted by molar-refractivity contribution is 7.86. The van der Waals surface area contributed by atoms with Gasteiger partial charge in [0, 0.05) is 63.1 Å². The van der Waals surface area contributed by atoms with E-state index in [2.05, 4.69) is 4.98 Å². The van der Waals surface area contributed by atoms with Crippen LogP contribution in [0, 0.1) is 0 Å². The van der Waals surface area contributed by atoms with E-state index in [-0.39, 0.29) is 51.3 Å². The van der Waals surface area contributed by atoms with Gasteiger partial charge >= 0.3 is 6.18 Å². The molecule has 4 rings (SSSR count). The van der Waals surface area contributed by atoms with Crippen molar-refractivity contribution in [3.8, 4) is 0 Å². The van der Waals surface area contributed by atoms with Crippen molar-refractivity contribution in [2.75, 3.05) is 75.5 Å². The van der Waals surface area contributed by atoms with Crippen molar-refractivity contribution >= 4 is 21.7 Å². The molecule has 2 atom stereocenters. The number of pyridine rings is 1. The maximum atomic E-state index is 14.1. The van der Waals surface area contributed by atoms with Gasteiger partial charge in [0.15, 0.2) is 0 Å². The number of ether oxygens (including phenoxy) is 2. The van der Waals surface area contributed by atoms with E-state index < -0.39 is 34.5 Å². The van der Waals surface area contributed by atoms with E-state index in [1.807, 2.05) is 11.8 Å². The SMILES string of the molecule is C[C@@H]1COCCN1c1cc(N2CCN(S(=O)(=O)N3CCOCC3)C[C@H]2C(F)(F)F)[nH]c(=O)c1. The van der Waals surface area contributed by atoms with Gasteiger partial charge in [0.05, 0.1) is 26.4 Å². The first kappa shape index (κ1) is 24.3. The molecule has 0 amide bonds.